The first-order valence-electron chi connectivity index (χ1n) is 6.05. The van der Waals surface area contributed by atoms with Crippen LogP contribution in [0.1, 0.15) is 0 Å². The molecule has 2 atom stereocenters. The van der Waals surface area contributed by atoms with Crippen molar-refractivity contribution in [3.63, 3.8) is 0 Å². The summed E-state index contributed by atoms with van der Waals surface area (Å²) >= 11 is 0. The van der Waals surface area contributed by atoms with Crippen LogP contribution < -0.4 is 10.1 Å². The van der Waals surface area contributed by atoms with E-state index in [1.807, 2.05) is 0 Å². The van der Waals surface area contributed by atoms with Crippen LogP contribution in [0.3, 0.4) is 0 Å². The monoisotopic (exact) mass is 325 g/mol. The van der Waals surface area contributed by atoms with Gasteiger partial charge in [-0.05, 0) is 24.3 Å². The number of hydrogen-bond acceptors (Lipinski definition) is 5. The molecule has 1 aromatic carbocycles. The van der Waals surface area contributed by atoms with Gasteiger partial charge in [0, 0.05) is 12.8 Å². The Hall–Kier alpha value is -1.32. The molecule has 0 spiro atoms. The van der Waals surface area contributed by atoms with Crippen LogP contribution in [0.25, 0.3) is 0 Å². The molecule has 21 heavy (non-hydrogen) atoms. The van der Waals surface area contributed by atoms with Gasteiger partial charge in [0.1, 0.15) is 18.5 Å². The van der Waals surface area contributed by atoms with Crippen LogP contribution in [0.2, 0.25) is 0 Å². The molecule has 1 saturated heterocycles. The molecule has 1 aliphatic rings. The predicted molar refractivity (Wildman–Crippen MR) is 67.8 cm³/mol. The number of rotatable bonds is 4. The fraction of sp³-hybridized carbons (Fsp3) is 0.500. The molecule has 0 bridgehead atoms. The van der Waals surface area contributed by atoms with Crippen LogP contribution in [0.4, 0.5) is 13.2 Å². The minimum atomic E-state index is -4.45. The van der Waals surface area contributed by atoms with Crippen LogP contribution in [0, 0.1) is 0 Å². The van der Waals surface area contributed by atoms with Crippen molar-refractivity contribution in [1.82, 2.24) is 5.32 Å². The zero-order valence-corrected chi connectivity index (χ0v) is 11.9. The Morgan fingerprint density at radius 2 is 1.95 bits per heavy atom. The van der Waals surface area contributed by atoms with Gasteiger partial charge < -0.3 is 9.47 Å². The van der Waals surface area contributed by atoms with Gasteiger partial charge in [-0.3, -0.25) is 5.32 Å². The van der Waals surface area contributed by atoms with Gasteiger partial charge in [-0.2, -0.15) is 13.2 Å². The van der Waals surface area contributed by atoms with Crippen LogP contribution in [0.5, 0.6) is 5.75 Å². The Balaban J connectivity index is 1.87. The second kappa shape index (κ2) is 5.82. The first kappa shape index (κ1) is 16.1. The number of nitrogens with one attached hydrogen (secondary N) is 1. The average molecular weight is 325 g/mol. The summed E-state index contributed by atoms with van der Waals surface area (Å²) in [5.74, 6) is 0.362. The Morgan fingerprint density at radius 3 is 2.43 bits per heavy atom. The Morgan fingerprint density at radius 1 is 1.33 bits per heavy atom. The molecule has 1 aromatic rings. The minimum Gasteiger partial charge on any atom is -0.491 e. The van der Waals surface area contributed by atoms with Gasteiger partial charge in [-0.1, -0.05) is 0 Å². The molecule has 5 nitrogen and oxygen atoms in total. The van der Waals surface area contributed by atoms with Crippen molar-refractivity contribution >= 4 is 9.84 Å². The van der Waals surface area contributed by atoms with Crippen LogP contribution in [-0.4, -0.2) is 46.3 Å². The topological polar surface area (TPSA) is 64.6 Å². The quantitative estimate of drug-likeness (QED) is 0.905. The van der Waals surface area contributed by atoms with Gasteiger partial charge in [-0.25, -0.2) is 8.42 Å². The molecule has 0 saturated carbocycles. The van der Waals surface area contributed by atoms with Crippen LogP contribution >= 0.6 is 0 Å². The maximum atomic E-state index is 12.4. The predicted octanol–water partition coefficient (Wildman–Crippen LogP) is 1.35. The first-order valence-corrected chi connectivity index (χ1v) is 7.94. The Kier molecular flexibility index (Phi) is 4.45. The number of hydrogen-bond donors (Lipinski definition) is 1. The highest BCUT2D eigenvalue weighted by molar-refractivity contribution is 7.90. The van der Waals surface area contributed by atoms with E-state index in [0.717, 1.165) is 6.26 Å². The number of alkyl halides is 3. The third-order valence-electron chi connectivity index (χ3n) is 2.84. The third kappa shape index (κ3) is 4.32. The maximum absolute atomic E-state index is 12.4. The lowest BCUT2D eigenvalue weighted by atomic mass is 10.3. The summed E-state index contributed by atoms with van der Waals surface area (Å²) in [7, 11) is -3.29. The zero-order chi connectivity index (χ0) is 15.7. The summed E-state index contributed by atoms with van der Waals surface area (Å²) in [5.41, 5.74) is 0. The van der Waals surface area contributed by atoms with Gasteiger partial charge in [0.25, 0.3) is 0 Å². The van der Waals surface area contributed by atoms with E-state index in [-0.39, 0.29) is 18.0 Å². The average Bonchev–Trinajstić information content (AvgIpc) is 2.84. The molecule has 1 fully saturated rings. The summed E-state index contributed by atoms with van der Waals surface area (Å²) in [5, 5.41) is 2.21. The Bertz CT molecular complexity index is 586. The van der Waals surface area contributed by atoms with Crippen molar-refractivity contribution in [2.24, 2.45) is 0 Å². The fourth-order valence-corrected chi connectivity index (χ4v) is 2.42. The van der Waals surface area contributed by atoms with Crippen molar-refractivity contribution in [3.8, 4) is 5.75 Å². The third-order valence-corrected chi connectivity index (χ3v) is 3.97. The van der Waals surface area contributed by atoms with E-state index in [1.165, 1.54) is 24.3 Å². The number of ether oxygens (including phenoxy) is 2. The Labute approximate surface area is 120 Å². The van der Waals surface area contributed by atoms with Gasteiger partial charge >= 0.3 is 6.18 Å². The molecule has 0 unspecified atom stereocenters. The molecule has 1 heterocycles. The molecule has 9 heteroatoms. The molecule has 1 N–H and O–H groups in total. The van der Waals surface area contributed by atoms with Gasteiger partial charge in [0.15, 0.2) is 9.84 Å². The molecule has 0 radical (unpaired) electrons. The van der Waals surface area contributed by atoms with E-state index in [1.54, 1.807) is 0 Å². The highest BCUT2D eigenvalue weighted by Gasteiger charge is 2.45. The number of halogens is 3. The van der Waals surface area contributed by atoms with E-state index in [4.69, 9.17) is 9.47 Å². The number of sulfone groups is 1. The van der Waals surface area contributed by atoms with Crippen molar-refractivity contribution in [2.75, 3.05) is 19.4 Å². The summed E-state index contributed by atoms with van der Waals surface area (Å²) in [6, 6.07) is 5.63. The molecule has 1 aliphatic heterocycles. The van der Waals surface area contributed by atoms with Gasteiger partial charge in [0.2, 0.25) is 6.23 Å². The van der Waals surface area contributed by atoms with E-state index in [2.05, 4.69) is 5.32 Å². The highest BCUT2D eigenvalue weighted by atomic mass is 32.2. The van der Waals surface area contributed by atoms with Crippen molar-refractivity contribution in [3.05, 3.63) is 24.3 Å². The summed E-state index contributed by atoms with van der Waals surface area (Å²) in [6.07, 6.45) is -6.06. The van der Waals surface area contributed by atoms with E-state index >= 15 is 0 Å². The highest BCUT2D eigenvalue weighted by Crippen LogP contribution is 2.25. The van der Waals surface area contributed by atoms with Crippen LogP contribution in [0.15, 0.2) is 29.2 Å². The second-order valence-electron chi connectivity index (χ2n) is 4.64. The van der Waals surface area contributed by atoms with Crippen molar-refractivity contribution < 1.29 is 31.1 Å². The second-order valence-corrected chi connectivity index (χ2v) is 6.66. The summed E-state index contributed by atoms with van der Waals surface area (Å²) in [4.78, 5) is 0.144. The van der Waals surface area contributed by atoms with Gasteiger partial charge in [0.05, 0.1) is 4.90 Å². The molecular formula is C12H14F3NO4S. The number of benzene rings is 1. The van der Waals surface area contributed by atoms with Crippen molar-refractivity contribution in [1.29, 1.82) is 0 Å². The standard InChI is InChI=1S/C12H14F3NO4S/c1-21(17,18)10-4-2-8(3-5-10)19-7-9-6-16-11(20-9)12(13,14)15/h2-5,9,11,16H,6-7H2,1H3/t9-,11+/m0/s1. The molecule has 2 rings (SSSR count). The maximum Gasteiger partial charge on any atom is 0.428 e. The van der Waals surface area contributed by atoms with E-state index in [9.17, 15) is 21.6 Å². The molecule has 0 aliphatic carbocycles. The lowest BCUT2D eigenvalue weighted by Crippen LogP contribution is -2.38. The largest absolute Gasteiger partial charge is 0.491 e. The summed E-state index contributed by atoms with van der Waals surface area (Å²) < 4.78 is 69.7. The normalized spacial score (nSPS) is 23.2. The smallest absolute Gasteiger partial charge is 0.428 e. The molecule has 0 aromatic heterocycles. The van der Waals surface area contributed by atoms with E-state index < -0.39 is 28.3 Å². The molecule has 0 amide bonds. The zero-order valence-electron chi connectivity index (χ0n) is 11.1. The van der Waals surface area contributed by atoms with Crippen LogP contribution in [-0.2, 0) is 14.6 Å². The SMILES string of the molecule is CS(=O)(=O)c1ccc(OC[C@@H]2CN[C@@H](C(F)(F)F)O2)cc1. The minimum absolute atomic E-state index is 0.0333. The fourth-order valence-electron chi connectivity index (χ4n) is 1.79. The van der Waals surface area contributed by atoms with Gasteiger partial charge in [-0.15, -0.1) is 0 Å². The summed E-state index contributed by atoms with van der Waals surface area (Å²) in [6.45, 7) is -0.0244. The molecule has 118 valence electrons. The lowest BCUT2D eigenvalue weighted by molar-refractivity contribution is -0.221. The lowest BCUT2D eigenvalue weighted by Gasteiger charge is -2.16. The molecular weight excluding hydrogens is 311 g/mol. The van der Waals surface area contributed by atoms with E-state index in [0.29, 0.717) is 5.75 Å². The first-order chi connectivity index (χ1) is 9.66. The van der Waals surface area contributed by atoms with Crippen molar-refractivity contribution in [2.45, 2.75) is 23.4 Å².